The maximum Gasteiger partial charge on any atom is 0.243 e. The second-order valence-electron chi connectivity index (χ2n) is 5.03. The van der Waals surface area contributed by atoms with E-state index in [9.17, 15) is 22.3 Å². The molecule has 20 heavy (non-hydrogen) atoms. The van der Waals surface area contributed by atoms with Gasteiger partial charge >= 0.3 is 0 Å². The van der Waals surface area contributed by atoms with Crippen molar-refractivity contribution in [3.8, 4) is 0 Å². The summed E-state index contributed by atoms with van der Waals surface area (Å²) < 4.78 is 52.8. The number of hydrogen-bond acceptors (Lipinski definition) is 4. The van der Waals surface area contributed by atoms with Crippen molar-refractivity contribution in [2.45, 2.75) is 36.2 Å². The predicted octanol–water partition coefficient (Wildman–Crippen LogP) is 1.13. The third-order valence-electron chi connectivity index (χ3n) is 3.51. The van der Waals surface area contributed by atoms with E-state index in [1.807, 2.05) is 0 Å². The molecule has 1 fully saturated rings. The number of nitrogens with one attached hydrogen (secondary N) is 1. The van der Waals surface area contributed by atoms with Crippen LogP contribution in [0, 0.1) is 11.6 Å². The Kier molecular flexibility index (Phi) is 3.99. The van der Waals surface area contributed by atoms with Crippen LogP contribution in [0.1, 0.15) is 25.7 Å². The molecule has 0 bridgehead atoms. The number of nitrogens with two attached hydrogens (primary N) is 1. The first kappa shape index (κ1) is 15.1. The normalized spacial score (nSPS) is 18.4. The molecule has 0 amide bonds. The fraction of sp³-hybridized carbons (Fsp3) is 0.500. The molecule has 0 aliphatic heterocycles. The minimum absolute atomic E-state index is 0.202. The minimum Gasteiger partial charge on any atom is -0.394 e. The van der Waals surface area contributed by atoms with E-state index in [2.05, 4.69) is 4.72 Å². The van der Waals surface area contributed by atoms with Gasteiger partial charge < -0.3 is 10.8 Å². The smallest absolute Gasteiger partial charge is 0.243 e. The van der Waals surface area contributed by atoms with E-state index in [0.717, 1.165) is 25.0 Å². The molecule has 8 heteroatoms. The summed E-state index contributed by atoms with van der Waals surface area (Å²) in [4.78, 5) is -0.724. The highest BCUT2D eigenvalue weighted by Gasteiger charge is 2.33. The van der Waals surface area contributed by atoms with Crippen LogP contribution in [-0.2, 0) is 10.0 Å². The Morgan fingerprint density at radius 3 is 2.50 bits per heavy atom. The van der Waals surface area contributed by atoms with E-state index in [0.29, 0.717) is 12.8 Å². The summed E-state index contributed by atoms with van der Waals surface area (Å²) in [6.45, 7) is -0.202. The Morgan fingerprint density at radius 2 is 1.90 bits per heavy atom. The van der Waals surface area contributed by atoms with Crippen molar-refractivity contribution in [2.75, 3.05) is 12.3 Å². The number of rotatable bonds is 4. The highest BCUT2D eigenvalue weighted by atomic mass is 32.2. The standard InChI is InChI=1S/C12H16F2N2O3S/c13-8-3-4-9(10(14)11(8)15)20(18,19)16-7-12(17)5-1-2-6-12/h3-4,16-17H,1-2,5-7,15H2. The lowest BCUT2D eigenvalue weighted by Gasteiger charge is -2.22. The fourth-order valence-electron chi connectivity index (χ4n) is 2.27. The summed E-state index contributed by atoms with van der Waals surface area (Å²) in [6.07, 6.45) is 2.61. The van der Waals surface area contributed by atoms with E-state index < -0.39 is 37.8 Å². The van der Waals surface area contributed by atoms with Crippen LogP contribution in [-0.4, -0.2) is 25.7 Å². The van der Waals surface area contributed by atoms with Gasteiger partial charge in [-0.05, 0) is 25.0 Å². The molecule has 1 aromatic carbocycles. The van der Waals surface area contributed by atoms with Gasteiger partial charge in [-0.2, -0.15) is 0 Å². The zero-order valence-corrected chi connectivity index (χ0v) is 11.5. The summed E-state index contributed by atoms with van der Waals surface area (Å²) in [5, 5.41) is 10.1. The largest absolute Gasteiger partial charge is 0.394 e. The molecule has 112 valence electrons. The summed E-state index contributed by atoms with van der Waals surface area (Å²) in [6, 6.07) is 1.60. The van der Waals surface area contributed by atoms with Crippen LogP contribution in [0.2, 0.25) is 0 Å². The van der Waals surface area contributed by atoms with Crippen LogP contribution >= 0.6 is 0 Å². The summed E-state index contributed by atoms with van der Waals surface area (Å²) >= 11 is 0. The maximum absolute atomic E-state index is 13.7. The van der Waals surface area contributed by atoms with Gasteiger partial charge in [0.15, 0.2) is 5.82 Å². The lowest BCUT2D eigenvalue weighted by molar-refractivity contribution is 0.0531. The van der Waals surface area contributed by atoms with Crippen molar-refractivity contribution in [2.24, 2.45) is 0 Å². The van der Waals surface area contributed by atoms with Gasteiger partial charge in [-0.25, -0.2) is 21.9 Å². The zero-order chi connectivity index (χ0) is 15.0. The van der Waals surface area contributed by atoms with Crippen molar-refractivity contribution >= 4 is 15.7 Å². The minimum atomic E-state index is -4.19. The van der Waals surface area contributed by atoms with Gasteiger partial charge in [0.25, 0.3) is 0 Å². The van der Waals surface area contributed by atoms with Crippen LogP contribution in [0.15, 0.2) is 17.0 Å². The average Bonchev–Trinajstić information content (AvgIpc) is 2.81. The summed E-state index contributed by atoms with van der Waals surface area (Å²) in [5.74, 6) is -2.34. The van der Waals surface area contributed by atoms with Crippen molar-refractivity contribution in [1.82, 2.24) is 4.72 Å². The molecule has 1 saturated carbocycles. The molecule has 5 nitrogen and oxygen atoms in total. The Balaban J connectivity index is 2.21. The third-order valence-corrected chi connectivity index (χ3v) is 4.92. The van der Waals surface area contributed by atoms with Crippen LogP contribution in [0.5, 0.6) is 0 Å². The Hall–Kier alpha value is -1.25. The SMILES string of the molecule is Nc1c(F)ccc(S(=O)(=O)NCC2(O)CCCC2)c1F. The number of hydrogen-bond donors (Lipinski definition) is 3. The number of sulfonamides is 1. The predicted molar refractivity (Wildman–Crippen MR) is 69.4 cm³/mol. The lowest BCUT2D eigenvalue weighted by Crippen LogP contribution is -2.41. The van der Waals surface area contributed by atoms with Crippen molar-refractivity contribution in [3.05, 3.63) is 23.8 Å². The number of benzene rings is 1. The molecule has 0 unspecified atom stereocenters. The Labute approximate surface area is 115 Å². The van der Waals surface area contributed by atoms with Crippen LogP contribution in [0.25, 0.3) is 0 Å². The van der Waals surface area contributed by atoms with E-state index >= 15 is 0 Å². The molecule has 1 aliphatic carbocycles. The molecular formula is C12H16F2N2O3S. The highest BCUT2D eigenvalue weighted by Crippen LogP contribution is 2.29. The van der Waals surface area contributed by atoms with Crippen molar-refractivity contribution in [3.63, 3.8) is 0 Å². The Bertz CT molecular complexity index is 613. The first-order chi connectivity index (χ1) is 9.25. The van der Waals surface area contributed by atoms with Gasteiger partial charge in [0.1, 0.15) is 16.4 Å². The molecule has 1 aliphatic rings. The number of aliphatic hydroxyl groups is 1. The van der Waals surface area contributed by atoms with Crippen molar-refractivity contribution in [1.29, 1.82) is 0 Å². The van der Waals surface area contributed by atoms with Gasteiger partial charge in [-0.3, -0.25) is 0 Å². The molecule has 0 atom stereocenters. The molecule has 2 rings (SSSR count). The average molecular weight is 306 g/mol. The second-order valence-corrected chi connectivity index (χ2v) is 6.76. The third kappa shape index (κ3) is 2.92. The molecule has 4 N–H and O–H groups in total. The zero-order valence-electron chi connectivity index (χ0n) is 10.7. The van der Waals surface area contributed by atoms with E-state index in [1.165, 1.54) is 0 Å². The van der Waals surface area contributed by atoms with Gasteiger partial charge in [-0.15, -0.1) is 0 Å². The Morgan fingerprint density at radius 1 is 1.30 bits per heavy atom. The molecule has 0 saturated heterocycles. The summed E-state index contributed by atoms with van der Waals surface area (Å²) in [7, 11) is -4.19. The van der Waals surface area contributed by atoms with Crippen LogP contribution in [0.4, 0.5) is 14.5 Å². The monoisotopic (exact) mass is 306 g/mol. The first-order valence-electron chi connectivity index (χ1n) is 6.21. The van der Waals surface area contributed by atoms with Gasteiger partial charge in [-0.1, -0.05) is 12.8 Å². The molecule has 0 aromatic heterocycles. The van der Waals surface area contributed by atoms with Crippen molar-refractivity contribution < 1.29 is 22.3 Å². The maximum atomic E-state index is 13.7. The number of halogens is 2. The van der Waals surface area contributed by atoms with Gasteiger partial charge in [0, 0.05) is 6.54 Å². The fourth-order valence-corrected chi connectivity index (χ4v) is 3.48. The molecular weight excluding hydrogens is 290 g/mol. The lowest BCUT2D eigenvalue weighted by atomic mass is 10.0. The first-order valence-corrected chi connectivity index (χ1v) is 7.69. The number of nitrogen functional groups attached to an aromatic ring is 1. The van der Waals surface area contributed by atoms with E-state index in [4.69, 9.17) is 5.73 Å². The molecule has 0 spiro atoms. The summed E-state index contributed by atoms with van der Waals surface area (Å²) in [5.41, 5.74) is 3.19. The topological polar surface area (TPSA) is 92.4 Å². The highest BCUT2D eigenvalue weighted by molar-refractivity contribution is 7.89. The van der Waals surface area contributed by atoms with E-state index in [-0.39, 0.29) is 6.54 Å². The van der Waals surface area contributed by atoms with Gasteiger partial charge in [0.05, 0.1) is 5.60 Å². The van der Waals surface area contributed by atoms with Crippen LogP contribution in [0.3, 0.4) is 0 Å². The molecule has 0 heterocycles. The molecule has 0 radical (unpaired) electrons. The molecule has 1 aromatic rings. The van der Waals surface area contributed by atoms with Gasteiger partial charge in [0.2, 0.25) is 10.0 Å². The quantitative estimate of drug-likeness (QED) is 0.727. The number of anilines is 1. The van der Waals surface area contributed by atoms with E-state index in [1.54, 1.807) is 0 Å². The van der Waals surface area contributed by atoms with Crippen LogP contribution < -0.4 is 10.5 Å². The second kappa shape index (κ2) is 5.27.